The third-order valence-electron chi connectivity index (χ3n) is 2.16. The number of carboxylic acid groups (broad SMARTS) is 1. The number of hydrogen-bond donors (Lipinski definition) is 1. The third-order valence-corrected chi connectivity index (χ3v) is 2.34. The molecule has 0 heterocycles. The van der Waals surface area contributed by atoms with Crippen LogP contribution in [0, 0.1) is 0 Å². The van der Waals surface area contributed by atoms with Gasteiger partial charge in [0.2, 0.25) is 0 Å². The highest BCUT2D eigenvalue weighted by Crippen LogP contribution is 2.31. The van der Waals surface area contributed by atoms with Gasteiger partial charge in [0.1, 0.15) is 11.5 Å². The van der Waals surface area contributed by atoms with Gasteiger partial charge in [0.05, 0.1) is 25.3 Å². The summed E-state index contributed by atoms with van der Waals surface area (Å²) in [7, 11) is 2.94. The topological polar surface area (TPSA) is 55.8 Å². The van der Waals surface area contributed by atoms with Gasteiger partial charge in [-0.2, -0.15) is 0 Å². The Morgan fingerprint density at radius 3 is 2.24 bits per heavy atom. The number of ether oxygens (including phenoxy) is 2. The quantitative estimate of drug-likeness (QED) is 0.823. The molecule has 5 heteroatoms. The van der Waals surface area contributed by atoms with E-state index in [0.29, 0.717) is 22.9 Å². The number of alkyl halides is 1. The molecular formula is C12H13ClO4. The Hall–Kier alpha value is -1.68. The Morgan fingerprint density at radius 1 is 1.35 bits per heavy atom. The summed E-state index contributed by atoms with van der Waals surface area (Å²) in [5.41, 5.74) is 0.780. The van der Waals surface area contributed by atoms with Crippen LogP contribution in [0.3, 0.4) is 0 Å². The second-order valence-electron chi connectivity index (χ2n) is 3.16. The predicted octanol–water partition coefficient (Wildman–Crippen LogP) is 2.65. The van der Waals surface area contributed by atoms with Crippen LogP contribution in [0.1, 0.15) is 15.9 Å². The zero-order valence-corrected chi connectivity index (χ0v) is 10.3. The molecule has 1 rings (SSSR count). The number of halogens is 1. The molecule has 92 valence electrons. The normalized spacial score (nSPS) is 10.5. The zero-order valence-electron chi connectivity index (χ0n) is 9.57. The summed E-state index contributed by atoms with van der Waals surface area (Å²) in [5, 5.41) is 8.94. The Kier molecular flexibility index (Phi) is 4.84. The van der Waals surface area contributed by atoms with Gasteiger partial charge in [-0.05, 0) is 12.1 Å². The second-order valence-corrected chi connectivity index (χ2v) is 3.46. The molecule has 0 aromatic heterocycles. The molecule has 1 aromatic carbocycles. The third kappa shape index (κ3) is 3.14. The van der Waals surface area contributed by atoms with Crippen molar-refractivity contribution in [3.05, 3.63) is 29.3 Å². The van der Waals surface area contributed by atoms with Crippen LogP contribution in [-0.2, 0) is 0 Å². The molecule has 17 heavy (non-hydrogen) atoms. The van der Waals surface area contributed by atoms with Crippen molar-refractivity contribution in [3.8, 4) is 11.5 Å². The minimum absolute atomic E-state index is 0.113. The number of hydrogen-bond acceptors (Lipinski definition) is 3. The van der Waals surface area contributed by atoms with Gasteiger partial charge in [-0.25, -0.2) is 4.79 Å². The summed E-state index contributed by atoms with van der Waals surface area (Å²) in [6, 6.07) is 2.89. The van der Waals surface area contributed by atoms with Gasteiger partial charge in [-0.3, -0.25) is 0 Å². The molecule has 0 amide bonds. The lowest BCUT2D eigenvalue weighted by atomic mass is 10.1. The molecule has 0 radical (unpaired) electrons. The average Bonchev–Trinajstić information content (AvgIpc) is 2.34. The van der Waals surface area contributed by atoms with Crippen molar-refractivity contribution in [2.24, 2.45) is 0 Å². The SMILES string of the molecule is COc1cc(C(=O)O)cc(OC)c1C=CCCl. The van der Waals surface area contributed by atoms with E-state index in [0.717, 1.165) is 0 Å². The first-order valence-corrected chi connectivity index (χ1v) is 5.39. The van der Waals surface area contributed by atoms with E-state index in [4.69, 9.17) is 26.2 Å². The Labute approximate surface area is 104 Å². The predicted molar refractivity (Wildman–Crippen MR) is 66.3 cm³/mol. The molecule has 1 aromatic rings. The van der Waals surface area contributed by atoms with Crippen LogP contribution in [0.2, 0.25) is 0 Å². The first-order chi connectivity index (χ1) is 8.13. The van der Waals surface area contributed by atoms with Crippen molar-refractivity contribution in [2.75, 3.05) is 20.1 Å². The van der Waals surface area contributed by atoms with E-state index in [1.165, 1.54) is 26.4 Å². The number of rotatable bonds is 5. The maximum absolute atomic E-state index is 10.9. The summed E-state index contributed by atoms with van der Waals surface area (Å²) >= 11 is 5.56. The fraction of sp³-hybridized carbons (Fsp3) is 0.250. The van der Waals surface area contributed by atoms with E-state index >= 15 is 0 Å². The molecule has 0 unspecified atom stereocenters. The molecule has 4 nitrogen and oxygen atoms in total. The van der Waals surface area contributed by atoms with Crippen molar-refractivity contribution < 1.29 is 19.4 Å². The van der Waals surface area contributed by atoms with Crippen molar-refractivity contribution in [1.29, 1.82) is 0 Å². The van der Waals surface area contributed by atoms with Crippen LogP contribution in [0.15, 0.2) is 18.2 Å². The Morgan fingerprint density at radius 2 is 1.88 bits per heavy atom. The fourth-order valence-electron chi connectivity index (χ4n) is 1.39. The number of aromatic carboxylic acids is 1. The van der Waals surface area contributed by atoms with Crippen LogP contribution in [0.25, 0.3) is 6.08 Å². The van der Waals surface area contributed by atoms with E-state index in [9.17, 15) is 4.79 Å². The van der Waals surface area contributed by atoms with Crippen LogP contribution in [0.5, 0.6) is 11.5 Å². The van der Waals surface area contributed by atoms with Crippen molar-refractivity contribution in [2.45, 2.75) is 0 Å². The first-order valence-electron chi connectivity index (χ1n) is 4.85. The van der Waals surface area contributed by atoms with Crippen LogP contribution < -0.4 is 9.47 Å². The van der Waals surface area contributed by atoms with E-state index in [1.54, 1.807) is 12.2 Å². The Bertz CT molecular complexity index is 415. The first kappa shape index (κ1) is 13.4. The number of methoxy groups -OCH3 is 2. The molecule has 0 aliphatic rings. The van der Waals surface area contributed by atoms with E-state index in [-0.39, 0.29) is 5.56 Å². The molecule has 0 saturated heterocycles. The van der Waals surface area contributed by atoms with Gasteiger partial charge < -0.3 is 14.6 Å². The van der Waals surface area contributed by atoms with Crippen molar-refractivity contribution in [1.82, 2.24) is 0 Å². The molecule has 0 fully saturated rings. The summed E-state index contributed by atoms with van der Waals surface area (Å²) in [4.78, 5) is 10.9. The molecule has 0 aliphatic heterocycles. The fourth-order valence-corrected chi connectivity index (χ4v) is 1.48. The lowest BCUT2D eigenvalue weighted by molar-refractivity contribution is 0.0696. The maximum Gasteiger partial charge on any atom is 0.335 e. The number of carboxylic acids is 1. The minimum atomic E-state index is -1.03. The molecule has 1 N–H and O–H groups in total. The highest BCUT2D eigenvalue weighted by molar-refractivity contribution is 6.19. The van der Waals surface area contributed by atoms with Gasteiger partial charge in [0.25, 0.3) is 0 Å². The lowest BCUT2D eigenvalue weighted by Crippen LogP contribution is -2.00. The van der Waals surface area contributed by atoms with E-state index in [1.807, 2.05) is 0 Å². The maximum atomic E-state index is 10.9. The van der Waals surface area contributed by atoms with E-state index < -0.39 is 5.97 Å². The zero-order chi connectivity index (χ0) is 12.8. The molecule has 0 atom stereocenters. The summed E-state index contributed by atoms with van der Waals surface area (Å²) < 4.78 is 10.3. The van der Waals surface area contributed by atoms with Gasteiger partial charge in [0, 0.05) is 5.88 Å². The molecule has 0 saturated carbocycles. The molecule has 0 spiro atoms. The molecule has 0 aliphatic carbocycles. The largest absolute Gasteiger partial charge is 0.496 e. The van der Waals surface area contributed by atoms with Crippen molar-refractivity contribution in [3.63, 3.8) is 0 Å². The Balaban J connectivity index is 3.35. The van der Waals surface area contributed by atoms with Crippen LogP contribution >= 0.6 is 11.6 Å². The second kappa shape index (κ2) is 6.15. The lowest BCUT2D eigenvalue weighted by Gasteiger charge is -2.11. The van der Waals surface area contributed by atoms with Crippen molar-refractivity contribution >= 4 is 23.6 Å². The summed E-state index contributed by atoms with van der Waals surface area (Å²) in [6.07, 6.45) is 3.46. The van der Waals surface area contributed by atoms with Gasteiger partial charge in [0.15, 0.2) is 0 Å². The van der Waals surface area contributed by atoms with Gasteiger partial charge >= 0.3 is 5.97 Å². The summed E-state index contributed by atoms with van der Waals surface area (Å²) in [6.45, 7) is 0. The van der Waals surface area contributed by atoms with Crippen LogP contribution in [0.4, 0.5) is 0 Å². The number of allylic oxidation sites excluding steroid dienone is 1. The monoisotopic (exact) mass is 256 g/mol. The number of benzene rings is 1. The summed E-state index contributed by atoms with van der Waals surface area (Å²) in [5.74, 6) is 0.188. The minimum Gasteiger partial charge on any atom is -0.496 e. The smallest absolute Gasteiger partial charge is 0.335 e. The van der Waals surface area contributed by atoms with E-state index in [2.05, 4.69) is 0 Å². The van der Waals surface area contributed by atoms with Gasteiger partial charge in [-0.1, -0.05) is 12.2 Å². The molecule has 0 bridgehead atoms. The number of carbonyl (C=O) groups is 1. The van der Waals surface area contributed by atoms with Gasteiger partial charge in [-0.15, -0.1) is 11.6 Å². The standard InChI is InChI=1S/C12H13ClO4/c1-16-10-6-8(12(14)15)7-11(17-2)9(10)4-3-5-13/h3-4,6-7H,5H2,1-2H3,(H,14,15). The van der Waals surface area contributed by atoms with Crippen LogP contribution in [-0.4, -0.2) is 31.2 Å². The highest BCUT2D eigenvalue weighted by atomic mass is 35.5. The average molecular weight is 257 g/mol. The molecular weight excluding hydrogens is 244 g/mol. The highest BCUT2D eigenvalue weighted by Gasteiger charge is 2.13.